The second-order valence-corrected chi connectivity index (χ2v) is 6.47. The highest BCUT2D eigenvalue weighted by Crippen LogP contribution is 2.20. The predicted molar refractivity (Wildman–Crippen MR) is 87.5 cm³/mol. The first kappa shape index (κ1) is 16.3. The van der Waals surface area contributed by atoms with Gasteiger partial charge in [0, 0.05) is 39.0 Å². The van der Waals surface area contributed by atoms with E-state index < -0.39 is 0 Å². The van der Waals surface area contributed by atoms with Crippen molar-refractivity contribution in [2.24, 2.45) is 0 Å². The molecule has 0 radical (unpaired) electrons. The van der Waals surface area contributed by atoms with Gasteiger partial charge >= 0.3 is 0 Å². The van der Waals surface area contributed by atoms with Crippen LogP contribution >= 0.6 is 11.8 Å². The molecule has 0 bridgehead atoms. The van der Waals surface area contributed by atoms with Crippen LogP contribution in [0.1, 0.15) is 23.2 Å². The summed E-state index contributed by atoms with van der Waals surface area (Å²) < 4.78 is 5.46. The molecule has 2 aliphatic rings. The standard InChI is InChI=1S/C16H21N3O3S/c1-23-14-12(4-2-6-17-14)15(20)18-7-9-19(10-8-18)16(21)13-5-3-11-22-13/h2,4,6,13H,3,5,7-11H2,1H3/t13-/m1/s1. The Hall–Kier alpha value is -1.60. The Bertz CT molecular complexity index is 582. The van der Waals surface area contributed by atoms with E-state index >= 15 is 0 Å². The molecule has 0 aliphatic carbocycles. The highest BCUT2D eigenvalue weighted by atomic mass is 32.2. The number of rotatable bonds is 3. The molecule has 1 aromatic rings. The van der Waals surface area contributed by atoms with Crippen molar-refractivity contribution in [2.45, 2.75) is 24.0 Å². The molecule has 3 heterocycles. The van der Waals surface area contributed by atoms with Gasteiger partial charge in [-0.25, -0.2) is 4.98 Å². The van der Waals surface area contributed by atoms with Gasteiger partial charge in [-0.3, -0.25) is 9.59 Å². The summed E-state index contributed by atoms with van der Waals surface area (Å²) in [4.78, 5) is 32.9. The maximum Gasteiger partial charge on any atom is 0.256 e. The van der Waals surface area contributed by atoms with Crippen LogP contribution in [0.25, 0.3) is 0 Å². The summed E-state index contributed by atoms with van der Waals surface area (Å²) in [5.41, 5.74) is 0.638. The number of ether oxygens (including phenoxy) is 1. The summed E-state index contributed by atoms with van der Waals surface area (Å²) in [5, 5.41) is 0.746. The number of thioether (sulfide) groups is 1. The minimum absolute atomic E-state index is 0.00772. The van der Waals surface area contributed by atoms with Crippen LogP contribution in [0.4, 0.5) is 0 Å². The zero-order valence-corrected chi connectivity index (χ0v) is 14.1. The molecular weight excluding hydrogens is 314 g/mol. The molecule has 124 valence electrons. The van der Waals surface area contributed by atoms with E-state index in [2.05, 4.69) is 4.98 Å². The average Bonchev–Trinajstić information content (AvgIpc) is 3.15. The molecule has 2 saturated heterocycles. The Morgan fingerprint density at radius 1 is 1.26 bits per heavy atom. The molecule has 0 N–H and O–H groups in total. The molecule has 2 amide bonds. The van der Waals surface area contributed by atoms with E-state index in [-0.39, 0.29) is 17.9 Å². The van der Waals surface area contributed by atoms with Crippen LogP contribution in [0.15, 0.2) is 23.4 Å². The van der Waals surface area contributed by atoms with Gasteiger partial charge in [0.2, 0.25) is 0 Å². The molecule has 1 aromatic heterocycles. The molecule has 2 aliphatic heterocycles. The van der Waals surface area contributed by atoms with Gasteiger partial charge < -0.3 is 14.5 Å². The minimum atomic E-state index is -0.279. The molecule has 0 spiro atoms. The summed E-state index contributed by atoms with van der Waals surface area (Å²) >= 11 is 1.47. The Balaban J connectivity index is 1.60. The number of hydrogen-bond acceptors (Lipinski definition) is 5. The van der Waals surface area contributed by atoms with Crippen LogP contribution < -0.4 is 0 Å². The molecule has 3 rings (SSSR count). The van der Waals surface area contributed by atoms with E-state index in [0.29, 0.717) is 38.3 Å². The maximum absolute atomic E-state index is 12.7. The van der Waals surface area contributed by atoms with Gasteiger partial charge in [-0.05, 0) is 31.2 Å². The monoisotopic (exact) mass is 335 g/mol. The predicted octanol–water partition coefficient (Wildman–Crippen LogP) is 1.27. The molecular formula is C16H21N3O3S. The largest absolute Gasteiger partial charge is 0.368 e. The Kier molecular flexibility index (Phi) is 5.17. The number of carbonyl (C=O) groups excluding carboxylic acids is 2. The number of carbonyl (C=O) groups is 2. The van der Waals surface area contributed by atoms with Gasteiger partial charge in [-0.2, -0.15) is 0 Å². The third-order valence-electron chi connectivity index (χ3n) is 4.28. The Morgan fingerprint density at radius 3 is 2.65 bits per heavy atom. The lowest BCUT2D eigenvalue weighted by Crippen LogP contribution is -2.52. The van der Waals surface area contributed by atoms with Crippen LogP contribution in [-0.2, 0) is 9.53 Å². The first-order chi connectivity index (χ1) is 11.2. The van der Waals surface area contributed by atoms with Crippen LogP contribution in [0.2, 0.25) is 0 Å². The quantitative estimate of drug-likeness (QED) is 0.779. The Morgan fingerprint density at radius 2 is 2.00 bits per heavy atom. The normalized spacial score (nSPS) is 21.5. The molecule has 6 nitrogen and oxygen atoms in total. The molecule has 0 unspecified atom stereocenters. The van der Waals surface area contributed by atoms with Crippen molar-refractivity contribution in [3.05, 3.63) is 23.9 Å². The van der Waals surface area contributed by atoms with Gasteiger partial charge in [0.1, 0.15) is 11.1 Å². The van der Waals surface area contributed by atoms with Crippen molar-refractivity contribution in [1.29, 1.82) is 0 Å². The van der Waals surface area contributed by atoms with Crippen molar-refractivity contribution < 1.29 is 14.3 Å². The third kappa shape index (κ3) is 3.50. The third-order valence-corrected chi connectivity index (χ3v) is 4.99. The molecule has 7 heteroatoms. The topological polar surface area (TPSA) is 62.7 Å². The zero-order valence-electron chi connectivity index (χ0n) is 13.2. The van der Waals surface area contributed by atoms with Crippen molar-refractivity contribution >= 4 is 23.6 Å². The van der Waals surface area contributed by atoms with E-state index in [1.165, 1.54) is 11.8 Å². The highest BCUT2D eigenvalue weighted by Gasteiger charge is 2.31. The molecule has 2 fully saturated rings. The molecule has 23 heavy (non-hydrogen) atoms. The number of hydrogen-bond donors (Lipinski definition) is 0. The lowest BCUT2D eigenvalue weighted by atomic mass is 10.2. The summed E-state index contributed by atoms with van der Waals surface area (Å²) in [5.74, 6) is 0.0624. The van der Waals surface area contributed by atoms with Crippen LogP contribution in [0.3, 0.4) is 0 Å². The smallest absolute Gasteiger partial charge is 0.256 e. The Labute approximate surface area is 140 Å². The summed E-state index contributed by atoms with van der Waals surface area (Å²) in [6.45, 7) is 2.92. The van der Waals surface area contributed by atoms with Gasteiger partial charge in [-0.1, -0.05) is 0 Å². The number of amides is 2. The maximum atomic E-state index is 12.7. The van der Waals surface area contributed by atoms with E-state index in [1.54, 1.807) is 17.2 Å². The van der Waals surface area contributed by atoms with Gasteiger partial charge in [0.05, 0.1) is 5.56 Å². The minimum Gasteiger partial charge on any atom is -0.368 e. The fourth-order valence-corrected chi connectivity index (χ4v) is 3.53. The summed E-state index contributed by atoms with van der Waals surface area (Å²) in [7, 11) is 0. The van der Waals surface area contributed by atoms with Gasteiger partial charge in [0.25, 0.3) is 11.8 Å². The van der Waals surface area contributed by atoms with Crippen molar-refractivity contribution in [2.75, 3.05) is 39.0 Å². The first-order valence-corrected chi connectivity index (χ1v) is 9.12. The van der Waals surface area contributed by atoms with Crippen molar-refractivity contribution in [3.63, 3.8) is 0 Å². The highest BCUT2D eigenvalue weighted by molar-refractivity contribution is 7.98. The van der Waals surface area contributed by atoms with Gasteiger partial charge in [-0.15, -0.1) is 11.8 Å². The number of piperazine rings is 1. The van der Waals surface area contributed by atoms with E-state index in [0.717, 1.165) is 17.9 Å². The number of pyridine rings is 1. The molecule has 0 aromatic carbocycles. The van der Waals surface area contributed by atoms with Crippen LogP contribution in [0, 0.1) is 0 Å². The lowest BCUT2D eigenvalue weighted by molar-refractivity contribution is -0.142. The molecule has 0 saturated carbocycles. The fourth-order valence-electron chi connectivity index (χ4n) is 2.99. The van der Waals surface area contributed by atoms with E-state index in [9.17, 15) is 9.59 Å². The average molecular weight is 335 g/mol. The SMILES string of the molecule is CSc1ncccc1C(=O)N1CCN(C(=O)[C@H]2CCCO2)CC1. The first-order valence-electron chi connectivity index (χ1n) is 7.89. The van der Waals surface area contributed by atoms with Gasteiger partial charge in [0.15, 0.2) is 0 Å². The summed E-state index contributed by atoms with van der Waals surface area (Å²) in [6.07, 6.45) is 5.09. The second-order valence-electron chi connectivity index (χ2n) is 5.68. The number of aromatic nitrogens is 1. The van der Waals surface area contributed by atoms with E-state index in [4.69, 9.17) is 4.74 Å². The van der Waals surface area contributed by atoms with E-state index in [1.807, 2.05) is 17.2 Å². The second kappa shape index (κ2) is 7.31. The van der Waals surface area contributed by atoms with Crippen molar-refractivity contribution in [3.8, 4) is 0 Å². The molecule has 1 atom stereocenters. The number of nitrogens with zero attached hydrogens (tertiary/aromatic N) is 3. The fraction of sp³-hybridized carbons (Fsp3) is 0.562. The van der Waals surface area contributed by atoms with Crippen LogP contribution in [0.5, 0.6) is 0 Å². The summed E-state index contributed by atoms with van der Waals surface area (Å²) in [6, 6.07) is 3.59. The zero-order chi connectivity index (χ0) is 16.2. The van der Waals surface area contributed by atoms with Crippen LogP contribution in [-0.4, -0.2) is 71.7 Å². The lowest BCUT2D eigenvalue weighted by Gasteiger charge is -2.35. The van der Waals surface area contributed by atoms with Crippen molar-refractivity contribution in [1.82, 2.24) is 14.8 Å².